The van der Waals surface area contributed by atoms with Gasteiger partial charge in [-0.25, -0.2) is 13.7 Å². The third-order valence-electron chi connectivity index (χ3n) is 5.60. The maximum Gasteiger partial charge on any atom is 0.411 e. The van der Waals surface area contributed by atoms with Crippen molar-refractivity contribution >= 4 is 29.5 Å². The van der Waals surface area contributed by atoms with Gasteiger partial charge in [0.2, 0.25) is 11.9 Å². The van der Waals surface area contributed by atoms with Crippen molar-refractivity contribution in [3.8, 4) is 11.1 Å². The Hall–Kier alpha value is -4.02. The molecule has 1 fully saturated rings. The lowest BCUT2D eigenvalue weighted by Gasteiger charge is -2.27. The summed E-state index contributed by atoms with van der Waals surface area (Å²) in [5.41, 5.74) is 1.88. The molecule has 0 aliphatic carbocycles. The molecule has 0 spiro atoms. The Morgan fingerprint density at radius 1 is 1.14 bits per heavy atom. The number of benzene rings is 1. The van der Waals surface area contributed by atoms with Crippen LogP contribution in [0, 0.1) is 0 Å². The molecule has 3 heterocycles. The number of hydrogen-bond acceptors (Lipinski definition) is 6. The standard InChI is InChI=1S/C25H29FN6O4/c1-25(2,3)36-24(35)31-14-18(26)12-19(31)21(33)28-23-27-20-10-9-17(13-32(20)29-23)15-7-6-8-16(11-15)22(34)30(4)5/h6-11,13,18-19H,12,14H2,1-5H3,(H,28,29,33)/t18-,19-/m1/s1. The minimum atomic E-state index is -1.33. The van der Waals surface area contributed by atoms with Crippen molar-refractivity contribution in [3.05, 3.63) is 48.2 Å². The van der Waals surface area contributed by atoms with E-state index in [1.807, 2.05) is 12.1 Å². The Labute approximate surface area is 208 Å². The zero-order chi connectivity index (χ0) is 26.2. The second kappa shape index (κ2) is 9.56. The van der Waals surface area contributed by atoms with Gasteiger partial charge in [-0.15, -0.1) is 5.10 Å². The monoisotopic (exact) mass is 496 g/mol. The minimum Gasteiger partial charge on any atom is -0.444 e. The van der Waals surface area contributed by atoms with Gasteiger partial charge in [-0.2, -0.15) is 4.98 Å². The van der Waals surface area contributed by atoms with Crippen molar-refractivity contribution in [1.29, 1.82) is 0 Å². The predicted octanol–water partition coefficient (Wildman–Crippen LogP) is 3.38. The van der Waals surface area contributed by atoms with Gasteiger partial charge in [-0.05, 0) is 50.6 Å². The smallest absolute Gasteiger partial charge is 0.411 e. The highest BCUT2D eigenvalue weighted by Gasteiger charge is 2.42. The van der Waals surface area contributed by atoms with Gasteiger partial charge in [0.15, 0.2) is 5.65 Å². The summed E-state index contributed by atoms with van der Waals surface area (Å²) >= 11 is 0. The molecule has 11 heteroatoms. The summed E-state index contributed by atoms with van der Waals surface area (Å²) in [6.45, 7) is 4.89. The Bertz CT molecular complexity index is 1320. The number of fused-ring (bicyclic) bond motifs is 1. The molecule has 1 N–H and O–H groups in total. The molecule has 0 radical (unpaired) electrons. The number of rotatable bonds is 4. The van der Waals surface area contributed by atoms with Crippen LogP contribution in [0.2, 0.25) is 0 Å². The van der Waals surface area contributed by atoms with Crippen molar-refractivity contribution in [2.75, 3.05) is 26.0 Å². The number of likely N-dealkylation sites (tertiary alicyclic amines) is 1. The third kappa shape index (κ3) is 5.45. The first kappa shape index (κ1) is 25.1. The van der Waals surface area contributed by atoms with Gasteiger partial charge in [0.1, 0.15) is 17.8 Å². The second-order valence-electron chi connectivity index (χ2n) is 9.91. The molecule has 0 saturated carbocycles. The first-order valence-electron chi connectivity index (χ1n) is 11.5. The van der Waals surface area contributed by atoms with E-state index in [1.54, 1.807) is 65.3 Å². The van der Waals surface area contributed by atoms with Crippen molar-refractivity contribution in [2.45, 2.75) is 45.0 Å². The van der Waals surface area contributed by atoms with Gasteiger partial charge in [0.05, 0.1) is 6.54 Å². The average molecular weight is 497 g/mol. The fraction of sp³-hybridized carbons (Fsp3) is 0.400. The van der Waals surface area contributed by atoms with Crippen molar-refractivity contribution < 1.29 is 23.5 Å². The van der Waals surface area contributed by atoms with Crippen LogP contribution >= 0.6 is 0 Å². The maximum absolute atomic E-state index is 14.1. The maximum atomic E-state index is 14.1. The largest absolute Gasteiger partial charge is 0.444 e. The molecule has 1 saturated heterocycles. The van der Waals surface area contributed by atoms with E-state index in [0.717, 1.165) is 16.0 Å². The van der Waals surface area contributed by atoms with Crippen LogP contribution in [0.25, 0.3) is 16.8 Å². The summed E-state index contributed by atoms with van der Waals surface area (Å²) in [5.74, 6) is -0.668. The molecule has 2 atom stereocenters. The summed E-state index contributed by atoms with van der Waals surface area (Å²) < 4.78 is 20.9. The van der Waals surface area contributed by atoms with Gasteiger partial charge in [-0.3, -0.25) is 19.8 Å². The van der Waals surface area contributed by atoms with E-state index in [0.29, 0.717) is 11.2 Å². The molecule has 10 nitrogen and oxygen atoms in total. The molecule has 190 valence electrons. The first-order valence-corrected chi connectivity index (χ1v) is 11.5. The van der Waals surface area contributed by atoms with E-state index in [9.17, 15) is 18.8 Å². The second-order valence-corrected chi connectivity index (χ2v) is 9.91. The Kier molecular flexibility index (Phi) is 6.66. The number of carbonyl (C=O) groups excluding carboxylic acids is 3. The SMILES string of the molecule is CN(C)C(=O)c1cccc(-c2ccc3nc(NC(=O)[C@H]4C[C@@H](F)CN4C(=O)OC(C)(C)C)nn3c2)c1. The van der Waals surface area contributed by atoms with Crippen molar-refractivity contribution in [2.24, 2.45) is 0 Å². The van der Waals surface area contributed by atoms with Crippen LogP contribution in [0.15, 0.2) is 42.6 Å². The molecular formula is C25H29FN6O4. The number of ether oxygens (including phenoxy) is 1. The fourth-order valence-corrected chi connectivity index (χ4v) is 3.95. The van der Waals surface area contributed by atoms with E-state index in [-0.39, 0.29) is 24.8 Å². The molecule has 3 amide bonds. The number of aromatic nitrogens is 3. The van der Waals surface area contributed by atoms with Crippen LogP contribution in [0.5, 0.6) is 0 Å². The van der Waals surface area contributed by atoms with Gasteiger partial charge < -0.3 is 9.64 Å². The van der Waals surface area contributed by atoms with Crippen LogP contribution in [0.1, 0.15) is 37.6 Å². The Balaban J connectivity index is 1.53. The zero-order valence-electron chi connectivity index (χ0n) is 20.9. The highest BCUT2D eigenvalue weighted by Crippen LogP contribution is 2.25. The van der Waals surface area contributed by atoms with Gasteiger partial charge in [0, 0.05) is 37.8 Å². The molecule has 0 bridgehead atoms. The number of carbonyl (C=O) groups is 3. The number of nitrogens with zero attached hydrogens (tertiary/aromatic N) is 5. The van der Waals surface area contributed by atoms with Crippen LogP contribution in [0.4, 0.5) is 15.1 Å². The molecule has 36 heavy (non-hydrogen) atoms. The lowest BCUT2D eigenvalue weighted by molar-refractivity contribution is -0.120. The molecule has 2 aromatic heterocycles. The molecular weight excluding hydrogens is 467 g/mol. The first-order chi connectivity index (χ1) is 16.9. The van der Waals surface area contributed by atoms with Gasteiger partial charge in [-0.1, -0.05) is 12.1 Å². The summed E-state index contributed by atoms with van der Waals surface area (Å²) in [6, 6.07) is 9.77. The number of anilines is 1. The molecule has 1 aliphatic heterocycles. The number of pyridine rings is 1. The molecule has 4 rings (SSSR count). The summed E-state index contributed by atoms with van der Waals surface area (Å²) in [6.07, 6.45) is -0.479. The fourth-order valence-electron chi connectivity index (χ4n) is 3.95. The van der Waals surface area contributed by atoms with Crippen LogP contribution in [-0.4, -0.2) is 80.8 Å². The van der Waals surface area contributed by atoms with E-state index in [2.05, 4.69) is 15.4 Å². The van der Waals surface area contributed by atoms with E-state index >= 15 is 0 Å². The van der Waals surface area contributed by atoms with Crippen molar-refractivity contribution in [1.82, 2.24) is 24.4 Å². The van der Waals surface area contributed by atoms with E-state index < -0.39 is 29.8 Å². The summed E-state index contributed by atoms with van der Waals surface area (Å²) in [4.78, 5) is 44.6. The highest BCUT2D eigenvalue weighted by atomic mass is 19.1. The van der Waals surface area contributed by atoms with Crippen LogP contribution < -0.4 is 5.32 Å². The molecule has 1 aliphatic rings. The van der Waals surface area contributed by atoms with E-state index in [1.165, 1.54) is 9.42 Å². The van der Waals surface area contributed by atoms with Crippen molar-refractivity contribution in [3.63, 3.8) is 0 Å². The molecule has 1 aromatic carbocycles. The normalized spacial score (nSPS) is 17.8. The summed E-state index contributed by atoms with van der Waals surface area (Å²) in [5, 5.41) is 6.90. The lowest BCUT2D eigenvalue weighted by atomic mass is 10.0. The highest BCUT2D eigenvalue weighted by molar-refractivity contribution is 5.96. The Morgan fingerprint density at radius 3 is 2.58 bits per heavy atom. The number of halogens is 1. The zero-order valence-corrected chi connectivity index (χ0v) is 20.9. The van der Waals surface area contributed by atoms with Gasteiger partial charge in [0.25, 0.3) is 5.91 Å². The predicted molar refractivity (Wildman–Crippen MR) is 131 cm³/mol. The number of alkyl halides is 1. The van der Waals surface area contributed by atoms with E-state index in [4.69, 9.17) is 4.74 Å². The quantitative estimate of drug-likeness (QED) is 0.593. The molecule has 3 aromatic rings. The van der Waals surface area contributed by atoms with Crippen LogP contribution in [-0.2, 0) is 9.53 Å². The lowest BCUT2D eigenvalue weighted by Crippen LogP contribution is -2.45. The Morgan fingerprint density at radius 2 is 1.89 bits per heavy atom. The summed E-state index contributed by atoms with van der Waals surface area (Å²) in [7, 11) is 3.39. The number of amides is 3. The minimum absolute atomic E-state index is 0.0279. The van der Waals surface area contributed by atoms with Gasteiger partial charge >= 0.3 is 6.09 Å². The molecule has 0 unspecified atom stereocenters. The van der Waals surface area contributed by atoms with Crippen LogP contribution in [0.3, 0.4) is 0 Å². The number of hydrogen-bond donors (Lipinski definition) is 1. The third-order valence-corrected chi connectivity index (χ3v) is 5.60. The number of nitrogens with one attached hydrogen (secondary N) is 1. The average Bonchev–Trinajstić information content (AvgIpc) is 3.39. The topological polar surface area (TPSA) is 109 Å².